The summed E-state index contributed by atoms with van der Waals surface area (Å²) in [4.78, 5) is 10.6. The minimum absolute atomic E-state index is 0.302. The Kier molecular flexibility index (Phi) is 5.81. The zero-order chi connectivity index (χ0) is 20.2. The average molecular weight is 389 g/mol. The number of nitrogens with one attached hydrogen (secondary N) is 1. The SMILES string of the molecule is C[C@@H](N[C@H]1CC[C@@H](c2ccc(OCC(=O)O)cc2)C1)c1cccc2ccccc12. The molecule has 150 valence electrons. The van der Waals surface area contributed by atoms with Crippen LogP contribution in [0.5, 0.6) is 5.75 Å². The van der Waals surface area contributed by atoms with Crippen molar-refractivity contribution in [1.82, 2.24) is 5.32 Å². The number of carboxylic acids is 1. The third-order valence-electron chi connectivity index (χ3n) is 5.92. The summed E-state index contributed by atoms with van der Waals surface area (Å²) >= 11 is 0. The number of ether oxygens (including phenoxy) is 1. The quantitative estimate of drug-likeness (QED) is 0.576. The number of hydrogen-bond donors (Lipinski definition) is 2. The van der Waals surface area contributed by atoms with Crippen LogP contribution in [0, 0.1) is 0 Å². The maximum atomic E-state index is 10.6. The minimum atomic E-state index is -0.959. The van der Waals surface area contributed by atoms with Crippen molar-refractivity contribution >= 4 is 16.7 Å². The molecule has 29 heavy (non-hydrogen) atoms. The second kappa shape index (κ2) is 8.66. The number of carbonyl (C=O) groups is 1. The van der Waals surface area contributed by atoms with E-state index in [9.17, 15) is 4.79 Å². The van der Waals surface area contributed by atoms with E-state index in [0.717, 1.165) is 19.3 Å². The predicted molar refractivity (Wildman–Crippen MR) is 115 cm³/mol. The molecule has 2 N–H and O–H groups in total. The van der Waals surface area contributed by atoms with E-state index in [4.69, 9.17) is 9.84 Å². The molecular formula is C25H27NO3. The van der Waals surface area contributed by atoms with Gasteiger partial charge in [-0.05, 0) is 66.1 Å². The van der Waals surface area contributed by atoms with E-state index >= 15 is 0 Å². The fourth-order valence-electron chi connectivity index (χ4n) is 4.49. The van der Waals surface area contributed by atoms with Crippen molar-refractivity contribution in [2.45, 2.75) is 44.2 Å². The third-order valence-corrected chi connectivity index (χ3v) is 5.92. The Morgan fingerprint density at radius 3 is 2.62 bits per heavy atom. The Balaban J connectivity index is 1.38. The lowest BCUT2D eigenvalue weighted by Crippen LogP contribution is -2.29. The fourth-order valence-corrected chi connectivity index (χ4v) is 4.49. The first-order valence-corrected chi connectivity index (χ1v) is 10.3. The van der Waals surface area contributed by atoms with Crippen molar-refractivity contribution in [2.75, 3.05) is 6.61 Å². The van der Waals surface area contributed by atoms with Crippen LogP contribution in [0.2, 0.25) is 0 Å². The van der Waals surface area contributed by atoms with Gasteiger partial charge < -0.3 is 15.2 Å². The van der Waals surface area contributed by atoms with E-state index in [1.807, 2.05) is 12.1 Å². The summed E-state index contributed by atoms with van der Waals surface area (Å²) in [5.74, 6) is 0.174. The van der Waals surface area contributed by atoms with E-state index in [-0.39, 0.29) is 6.61 Å². The number of hydrogen-bond acceptors (Lipinski definition) is 3. The molecule has 0 bridgehead atoms. The summed E-state index contributed by atoms with van der Waals surface area (Å²) in [5, 5.41) is 15.2. The van der Waals surface area contributed by atoms with Crippen LogP contribution in [0.15, 0.2) is 66.7 Å². The van der Waals surface area contributed by atoms with E-state index in [0.29, 0.717) is 23.8 Å². The van der Waals surface area contributed by atoms with Gasteiger partial charge in [0.25, 0.3) is 0 Å². The Bertz CT molecular complexity index is 978. The highest BCUT2D eigenvalue weighted by Crippen LogP contribution is 2.36. The summed E-state index contributed by atoms with van der Waals surface area (Å²) in [6.45, 7) is 1.95. The van der Waals surface area contributed by atoms with Gasteiger partial charge in [-0.2, -0.15) is 0 Å². The lowest BCUT2D eigenvalue weighted by Gasteiger charge is -2.21. The normalized spacial score (nSPS) is 19.9. The number of benzene rings is 3. The van der Waals surface area contributed by atoms with Gasteiger partial charge >= 0.3 is 5.97 Å². The number of fused-ring (bicyclic) bond motifs is 1. The van der Waals surface area contributed by atoms with Crippen LogP contribution in [0.25, 0.3) is 10.8 Å². The molecule has 0 spiro atoms. The van der Waals surface area contributed by atoms with Crippen LogP contribution in [0.1, 0.15) is 49.3 Å². The summed E-state index contributed by atoms with van der Waals surface area (Å²) in [6.07, 6.45) is 3.44. The molecule has 0 aromatic heterocycles. The lowest BCUT2D eigenvalue weighted by molar-refractivity contribution is -0.139. The van der Waals surface area contributed by atoms with Crippen molar-refractivity contribution in [1.29, 1.82) is 0 Å². The topological polar surface area (TPSA) is 58.6 Å². The second-order valence-corrected chi connectivity index (χ2v) is 7.92. The van der Waals surface area contributed by atoms with Gasteiger partial charge in [0.1, 0.15) is 5.75 Å². The van der Waals surface area contributed by atoms with Crippen LogP contribution in [-0.2, 0) is 4.79 Å². The molecule has 1 aliphatic carbocycles. The highest BCUT2D eigenvalue weighted by atomic mass is 16.5. The first kappa shape index (κ1) is 19.5. The molecule has 0 saturated heterocycles. The molecule has 1 aliphatic rings. The zero-order valence-corrected chi connectivity index (χ0v) is 16.7. The van der Waals surface area contributed by atoms with Crippen LogP contribution < -0.4 is 10.1 Å². The number of carboxylic acid groups (broad SMARTS) is 1. The van der Waals surface area contributed by atoms with Gasteiger partial charge in [-0.15, -0.1) is 0 Å². The Morgan fingerprint density at radius 2 is 1.83 bits per heavy atom. The Hall–Kier alpha value is -2.85. The monoisotopic (exact) mass is 389 g/mol. The highest BCUT2D eigenvalue weighted by molar-refractivity contribution is 5.86. The molecule has 0 radical (unpaired) electrons. The van der Waals surface area contributed by atoms with Crippen molar-refractivity contribution in [3.05, 3.63) is 77.9 Å². The zero-order valence-electron chi connectivity index (χ0n) is 16.7. The molecule has 3 aromatic rings. The largest absolute Gasteiger partial charge is 0.482 e. The molecule has 4 nitrogen and oxygen atoms in total. The maximum absolute atomic E-state index is 10.6. The van der Waals surface area contributed by atoms with Gasteiger partial charge in [0.2, 0.25) is 0 Å². The third kappa shape index (κ3) is 4.60. The van der Waals surface area contributed by atoms with Gasteiger partial charge in [0.15, 0.2) is 6.61 Å². The van der Waals surface area contributed by atoms with E-state index in [1.54, 1.807) is 0 Å². The molecule has 4 rings (SSSR count). The molecule has 4 heteroatoms. The standard InChI is InChI=1S/C25H27NO3/c1-17(23-8-4-6-19-5-2-3-7-24(19)23)26-21-12-9-20(15-21)18-10-13-22(14-11-18)29-16-25(27)28/h2-8,10-11,13-14,17,20-21,26H,9,12,15-16H2,1H3,(H,27,28)/t17-,20-,21+/m1/s1. The molecule has 0 heterocycles. The van der Waals surface area contributed by atoms with Crippen molar-refractivity contribution in [2.24, 2.45) is 0 Å². The highest BCUT2D eigenvalue weighted by Gasteiger charge is 2.27. The molecule has 1 saturated carbocycles. The molecule has 0 aliphatic heterocycles. The van der Waals surface area contributed by atoms with Crippen LogP contribution in [0.4, 0.5) is 0 Å². The summed E-state index contributed by atoms with van der Waals surface area (Å²) in [7, 11) is 0. The van der Waals surface area contributed by atoms with E-state index in [1.165, 1.54) is 21.9 Å². The minimum Gasteiger partial charge on any atom is -0.482 e. The molecule has 1 fully saturated rings. The van der Waals surface area contributed by atoms with Crippen molar-refractivity contribution in [3.63, 3.8) is 0 Å². The van der Waals surface area contributed by atoms with Crippen LogP contribution in [0.3, 0.4) is 0 Å². The van der Waals surface area contributed by atoms with Gasteiger partial charge in [-0.3, -0.25) is 0 Å². The van der Waals surface area contributed by atoms with E-state index < -0.39 is 5.97 Å². The summed E-state index contributed by atoms with van der Waals surface area (Å²) < 4.78 is 5.23. The van der Waals surface area contributed by atoms with Gasteiger partial charge in [-0.1, -0.05) is 54.6 Å². The lowest BCUT2D eigenvalue weighted by atomic mass is 9.96. The van der Waals surface area contributed by atoms with Crippen LogP contribution in [-0.4, -0.2) is 23.7 Å². The molecule has 0 unspecified atom stereocenters. The van der Waals surface area contributed by atoms with Crippen molar-refractivity contribution in [3.8, 4) is 5.75 Å². The molecule has 0 amide bonds. The van der Waals surface area contributed by atoms with Crippen molar-refractivity contribution < 1.29 is 14.6 Å². The van der Waals surface area contributed by atoms with Gasteiger partial charge in [0.05, 0.1) is 0 Å². The predicted octanol–water partition coefficient (Wildman–Crippen LogP) is 5.29. The number of aliphatic carboxylic acids is 1. The first-order valence-electron chi connectivity index (χ1n) is 10.3. The first-order chi connectivity index (χ1) is 14.1. The second-order valence-electron chi connectivity index (χ2n) is 7.92. The smallest absolute Gasteiger partial charge is 0.341 e. The maximum Gasteiger partial charge on any atom is 0.341 e. The van der Waals surface area contributed by atoms with E-state index in [2.05, 4.69) is 66.8 Å². The molecule has 3 aromatic carbocycles. The Morgan fingerprint density at radius 1 is 1.07 bits per heavy atom. The molecule has 3 atom stereocenters. The molecular weight excluding hydrogens is 362 g/mol. The fraction of sp³-hybridized carbons (Fsp3) is 0.320. The van der Waals surface area contributed by atoms with Gasteiger partial charge in [-0.25, -0.2) is 4.79 Å². The van der Waals surface area contributed by atoms with Crippen LogP contribution >= 0.6 is 0 Å². The Labute approximate surface area is 171 Å². The van der Waals surface area contributed by atoms with Gasteiger partial charge in [0, 0.05) is 12.1 Å². The number of rotatable bonds is 7. The average Bonchev–Trinajstić information content (AvgIpc) is 3.20. The summed E-state index contributed by atoms with van der Waals surface area (Å²) in [6, 6.07) is 23.8. The summed E-state index contributed by atoms with van der Waals surface area (Å²) in [5.41, 5.74) is 2.65.